The molecular formula is C20H22N6O3. The number of rotatable bonds is 3. The molecule has 3 aromatic rings. The highest BCUT2D eigenvalue weighted by Crippen LogP contribution is 2.32. The number of hydrogen-bond acceptors (Lipinski definition) is 7. The third kappa shape index (κ3) is 3.80. The lowest BCUT2D eigenvalue weighted by Gasteiger charge is -2.33. The molecule has 0 unspecified atom stereocenters. The molecule has 3 aromatic heterocycles. The summed E-state index contributed by atoms with van der Waals surface area (Å²) in [6, 6.07) is 3.06. The quantitative estimate of drug-likeness (QED) is 0.667. The fraction of sp³-hybridized carbons (Fsp3) is 0.400. The number of carbonyl (C=O) groups is 1. The third-order valence-electron chi connectivity index (χ3n) is 5.15. The second kappa shape index (κ2) is 7.57. The monoisotopic (exact) mass is 394 g/mol. The molecule has 29 heavy (non-hydrogen) atoms. The highest BCUT2D eigenvalue weighted by molar-refractivity contribution is 5.94. The number of carbonyl (C=O) groups excluding carboxylic acids is 1. The second-order valence-corrected chi connectivity index (χ2v) is 7.31. The first-order chi connectivity index (χ1) is 13.9. The van der Waals surface area contributed by atoms with Gasteiger partial charge in [0.25, 0.3) is 11.5 Å². The molecule has 0 aliphatic carbocycles. The van der Waals surface area contributed by atoms with Gasteiger partial charge in [0, 0.05) is 57.0 Å². The van der Waals surface area contributed by atoms with E-state index in [0.29, 0.717) is 36.2 Å². The predicted octanol–water partition coefficient (Wildman–Crippen LogP) is 1.86. The summed E-state index contributed by atoms with van der Waals surface area (Å²) < 4.78 is 6.56. The fourth-order valence-electron chi connectivity index (χ4n) is 3.63. The average molecular weight is 394 g/mol. The molecule has 1 aliphatic rings. The Morgan fingerprint density at radius 3 is 2.83 bits per heavy atom. The Labute approximate surface area is 167 Å². The number of aromatic nitrogens is 5. The first-order valence-electron chi connectivity index (χ1n) is 9.52. The van der Waals surface area contributed by atoms with Gasteiger partial charge in [-0.15, -0.1) is 0 Å². The molecule has 1 fully saturated rings. The van der Waals surface area contributed by atoms with E-state index in [4.69, 9.17) is 4.52 Å². The van der Waals surface area contributed by atoms with Crippen molar-refractivity contribution in [3.8, 4) is 11.4 Å². The molecular weight excluding hydrogens is 372 g/mol. The van der Waals surface area contributed by atoms with Crippen LogP contribution in [0.15, 0.2) is 33.8 Å². The molecule has 0 bridgehead atoms. The van der Waals surface area contributed by atoms with Crippen LogP contribution in [0.2, 0.25) is 0 Å². The van der Waals surface area contributed by atoms with Crippen LogP contribution in [0.3, 0.4) is 0 Å². The molecule has 0 spiro atoms. The zero-order valence-corrected chi connectivity index (χ0v) is 16.6. The van der Waals surface area contributed by atoms with Crippen LogP contribution in [0.5, 0.6) is 0 Å². The van der Waals surface area contributed by atoms with Crippen LogP contribution < -0.4 is 5.56 Å². The van der Waals surface area contributed by atoms with E-state index >= 15 is 0 Å². The van der Waals surface area contributed by atoms with Gasteiger partial charge in [-0.1, -0.05) is 5.16 Å². The lowest BCUT2D eigenvalue weighted by molar-refractivity contribution is 0.0705. The molecule has 0 aromatic carbocycles. The van der Waals surface area contributed by atoms with Crippen LogP contribution in [-0.4, -0.2) is 48.6 Å². The summed E-state index contributed by atoms with van der Waals surface area (Å²) in [5, 5.41) is 4.01. The maximum atomic E-state index is 13.0. The van der Waals surface area contributed by atoms with Crippen molar-refractivity contribution >= 4 is 5.91 Å². The molecule has 4 heterocycles. The summed E-state index contributed by atoms with van der Waals surface area (Å²) in [6.07, 6.45) is 5.06. The van der Waals surface area contributed by atoms with Crippen molar-refractivity contribution in [2.24, 2.45) is 7.05 Å². The van der Waals surface area contributed by atoms with Crippen LogP contribution >= 0.6 is 0 Å². The molecule has 0 N–H and O–H groups in total. The Morgan fingerprint density at radius 1 is 1.28 bits per heavy atom. The van der Waals surface area contributed by atoms with Gasteiger partial charge in [-0.05, 0) is 25.8 Å². The summed E-state index contributed by atoms with van der Waals surface area (Å²) >= 11 is 0. The summed E-state index contributed by atoms with van der Waals surface area (Å²) in [4.78, 5) is 39.9. The predicted molar refractivity (Wildman–Crippen MR) is 104 cm³/mol. The average Bonchev–Trinajstić information content (AvgIpc) is 3.15. The van der Waals surface area contributed by atoms with Gasteiger partial charge in [-0.3, -0.25) is 9.59 Å². The molecule has 1 amide bonds. The molecule has 0 saturated carbocycles. The second-order valence-electron chi connectivity index (χ2n) is 7.31. The number of likely N-dealkylation sites (tertiary alicyclic amines) is 1. The topological polar surface area (TPSA) is 107 Å². The minimum absolute atomic E-state index is 0.0229. The standard InChI is InChI=1S/C20H22N6O3/c1-12-21-10-16(19-23-13(2)29-24-19)18(22-12)15-5-4-7-26(11-15)20(28)14-6-8-25(3)17(27)9-14/h6,8-10,15H,4-5,7,11H2,1-3H3/t15-/m1/s1. The number of piperidine rings is 1. The number of aryl methyl sites for hydroxylation is 3. The molecule has 9 nitrogen and oxygen atoms in total. The van der Waals surface area contributed by atoms with Gasteiger partial charge in [0.1, 0.15) is 5.82 Å². The lowest BCUT2D eigenvalue weighted by Crippen LogP contribution is -2.40. The Morgan fingerprint density at radius 2 is 2.10 bits per heavy atom. The number of hydrogen-bond donors (Lipinski definition) is 0. The zero-order chi connectivity index (χ0) is 20.5. The first-order valence-corrected chi connectivity index (χ1v) is 9.52. The Bertz CT molecular complexity index is 1120. The van der Waals surface area contributed by atoms with Crippen LogP contribution in [0, 0.1) is 13.8 Å². The van der Waals surface area contributed by atoms with E-state index in [1.54, 1.807) is 37.3 Å². The van der Waals surface area contributed by atoms with E-state index < -0.39 is 0 Å². The lowest BCUT2D eigenvalue weighted by atomic mass is 9.91. The highest BCUT2D eigenvalue weighted by atomic mass is 16.5. The van der Waals surface area contributed by atoms with Crippen LogP contribution in [-0.2, 0) is 7.05 Å². The fourth-order valence-corrected chi connectivity index (χ4v) is 3.63. The van der Waals surface area contributed by atoms with E-state index in [0.717, 1.165) is 24.1 Å². The van der Waals surface area contributed by atoms with Crippen molar-refractivity contribution in [1.29, 1.82) is 0 Å². The molecule has 1 aliphatic heterocycles. The van der Waals surface area contributed by atoms with Crippen LogP contribution in [0.1, 0.15) is 46.5 Å². The largest absolute Gasteiger partial charge is 0.339 e. The van der Waals surface area contributed by atoms with Crippen LogP contribution in [0.4, 0.5) is 0 Å². The highest BCUT2D eigenvalue weighted by Gasteiger charge is 2.29. The number of amides is 1. The minimum atomic E-state index is -0.203. The van der Waals surface area contributed by atoms with Crippen molar-refractivity contribution in [1.82, 2.24) is 29.6 Å². The van der Waals surface area contributed by atoms with Crippen LogP contribution in [0.25, 0.3) is 11.4 Å². The Hall–Kier alpha value is -3.36. The van der Waals surface area contributed by atoms with Gasteiger partial charge in [0.05, 0.1) is 11.3 Å². The van der Waals surface area contributed by atoms with Gasteiger partial charge in [0.2, 0.25) is 11.7 Å². The molecule has 9 heteroatoms. The van der Waals surface area contributed by atoms with Gasteiger partial charge < -0.3 is 14.0 Å². The number of pyridine rings is 1. The maximum absolute atomic E-state index is 13.0. The van der Waals surface area contributed by atoms with Crippen molar-refractivity contribution in [2.45, 2.75) is 32.6 Å². The molecule has 150 valence electrons. The molecule has 1 atom stereocenters. The van der Waals surface area contributed by atoms with Crippen molar-refractivity contribution < 1.29 is 9.32 Å². The Kier molecular flexibility index (Phi) is 4.96. The molecule has 0 radical (unpaired) electrons. The maximum Gasteiger partial charge on any atom is 0.254 e. The minimum Gasteiger partial charge on any atom is -0.339 e. The Balaban J connectivity index is 1.63. The van der Waals surface area contributed by atoms with Gasteiger partial charge in [-0.25, -0.2) is 9.97 Å². The number of nitrogens with zero attached hydrogens (tertiary/aromatic N) is 6. The summed E-state index contributed by atoms with van der Waals surface area (Å²) in [7, 11) is 1.66. The zero-order valence-electron chi connectivity index (χ0n) is 16.6. The SMILES string of the molecule is Cc1ncc(-c2noc(C)n2)c([C@@H]2CCCN(C(=O)c3ccn(C)c(=O)c3)C2)n1. The van der Waals surface area contributed by atoms with E-state index in [-0.39, 0.29) is 17.4 Å². The summed E-state index contributed by atoms with van der Waals surface area (Å²) in [5.41, 5.74) is 1.74. The van der Waals surface area contributed by atoms with Gasteiger partial charge >= 0.3 is 0 Å². The van der Waals surface area contributed by atoms with Gasteiger partial charge in [0.15, 0.2) is 0 Å². The molecule has 1 saturated heterocycles. The first kappa shape index (κ1) is 19.0. The molecule has 4 rings (SSSR count). The summed E-state index contributed by atoms with van der Waals surface area (Å²) in [5.74, 6) is 1.45. The van der Waals surface area contributed by atoms with E-state index in [1.807, 2.05) is 6.92 Å². The summed E-state index contributed by atoms with van der Waals surface area (Å²) in [6.45, 7) is 4.72. The van der Waals surface area contributed by atoms with Crippen molar-refractivity contribution in [3.63, 3.8) is 0 Å². The van der Waals surface area contributed by atoms with Gasteiger partial charge in [-0.2, -0.15) is 4.98 Å². The smallest absolute Gasteiger partial charge is 0.254 e. The van der Waals surface area contributed by atoms with E-state index in [2.05, 4.69) is 20.1 Å². The van der Waals surface area contributed by atoms with E-state index in [9.17, 15) is 9.59 Å². The normalized spacial score (nSPS) is 16.8. The van der Waals surface area contributed by atoms with Crippen molar-refractivity contribution in [3.05, 3.63) is 57.9 Å². The van der Waals surface area contributed by atoms with E-state index in [1.165, 1.54) is 10.6 Å². The van der Waals surface area contributed by atoms with Crippen molar-refractivity contribution in [2.75, 3.05) is 13.1 Å². The third-order valence-corrected chi connectivity index (χ3v) is 5.15.